The van der Waals surface area contributed by atoms with Crippen LogP contribution in [-0.4, -0.2) is 16.0 Å². The molecule has 0 saturated heterocycles. The zero-order valence-electron chi connectivity index (χ0n) is 11.0. The molecule has 2 aliphatic rings. The van der Waals surface area contributed by atoms with E-state index in [-0.39, 0.29) is 0 Å². The predicted molar refractivity (Wildman–Crippen MR) is 74.2 cm³/mol. The van der Waals surface area contributed by atoms with Gasteiger partial charge in [0.1, 0.15) is 16.8 Å². The van der Waals surface area contributed by atoms with E-state index in [1.165, 1.54) is 32.1 Å². The molecule has 3 nitrogen and oxygen atoms in total. The fraction of sp³-hybridized carbons (Fsp3) is 0.714. The molecule has 0 aliphatic heterocycles. The van der Waals surface area contributed by atoms with Crippen molar-refractivity contribution in [2.75, 3.05) is 5.32 Å². The van der Waals surface area contributed by atoms with E-state index in [0.717, 1.165) is 23.1 Å². The Hall–Kier alpha value is -0.830. The standard InChI is InChI=1S/C14H20ClN3/c1-8-4-3-5-11(8)16-13-9(2)12(15)17-14(18-13)10-6-7-10/h8,10-11H,3-7H2,1-2H3,(H,16,17,18). The van der Waals surface area contributed by atoms with Crippen LogP contribution in [0.1, 0.15) is 56.3 Å². The predicted octanol–water partition coefficient (Wildman–Crippen LogP) is 3.92. The summed E-state index contributed by atoms with van der Waals surface area (Å²) in [7, 11) is 0. The van der Waals surface area contributed by atoms with E-state index in [1.54, 1.807) is 0 Å². The minimum Gasteiger partial charge on any atom is -0.367 e. The molecule has 1 heterocycles. The fourth-order valence-electron chi connectivity index (χ4n) is 2.71. The van der Waals surface area contributed by atoms with Crippen molar-refractivity contribution in [2.45, 2.75) is 57.9 Å². The van der Waals surface area contributed by atoms with E-state index in [9.17, 15) is 0 Å². The highest BCUT2D eigenvalue weighted by molar-refractivity contribution is 6.30. The molecule has 2 fully saturated rings. The zero-order chi connectivity index (χ0) is 12.7. The van der Waals surface area contributed by atoms with Gasteiger partial charge < -0.3 is 5.32 Å². The first-order valence-corrected chi connectivity index (χ1v) is 7.33. The van der Waals surface area contributed by atoms with Crippen molar-refractivity contribution in [3.63, 3.8) is 0 Å². The summed E-state index contributed by atoms with van der Waals surface area (Å²) in [5.41, 5.74) is 0.986. The van der Waals surface area contributed by atoms with E-state index in [0.29, 0.717) is 17.1 Å². The van der Waals surface area contributed by atoms with Gasteiger partial charge in [0, 0.05) is 17.5 Å². The van der Waals surface area contributed by atoms with Gasteiger partial charge in [0.15, 0.2) is 0 Å². The third-order valence-corrected chi connectivity index (χ3v) is 4.60. The van der Waals surface area contributed by atoms with Crippen LogP contribution in [0.2, 0.25) is 5.15 Å². The van der Waals surface area contributed by atoms with E-state index in [1.807, 2.05) is 6.92 Å². The lowest BCUT2D eigenvalue weighted by Gasteiger charge is -2.20. The fourth-order valence-corrected chi connectivity index (χ4v) is 2.88. The van der Waals surface area contributed by atoms with Gasteiger partial charge in [-0.1, -0.05) is 24.9 Å². The van der Waals surface area contributed by atoms with E-state index < -0.39 is 0 Å². The zero-order valence-corrected chi connectivity index (χ0v) is 11.8. The maximum atomic E-state index is 6.22. The highest BCUT2D eigenvalue weighted by atomic mass is 35.5. The van der Waals surface area contributed by atoms with Gasteiger partial charge >= 0.3 is 0 Å². The lowest BCUT2D eigenvalue weighted by atomic mass is 10.1. The van der Waals surface area contributed by atoms with Crippen molar-refractivity contribution in [3.8, 4) is 0 Å². The Morgan fingerprint density at radius 2 is 1.94 bits per heavy atom. The second-order valence-electron chi connectivity index (χ2n) is 5.78. The maximum absolute atomic E-state index is 6.22. The summed E-state index contributed by atoms with van der Waals surface area (Å²) in [6.45, 7) is 4.31. The van der Waals surface area contributed by atoms with Crippen molar-refractivity contribution < 1.29 is 0 Å². The lowest BCUT2D eigenvalue weighted by Crippen LogP contribution is -2.23. The Morgan fingerprint density at radius 1 is 1.17 bits per heavy atom. The first-order valence-electron chi connectivity index (χ1n) is 6.95. The molecule has 1 N–H and O–H groups in total. The molecule has 0 spiro atoms. The molecule has 0 radical (unpaired) electrons. The largest absolute Gasteiger partial charge is 0.367 e. The molecule has 1 aromatic heterocycles. The van der Waals surface area contributed by atoms with Gasteiger partial charge in [-0.05, 0) is 38.5 Å². The molecule has 2 unspecified atom stereocenters. The minimum absolute atomic E-state index is 0.543. The summed E-state index contributed by atoms with van der Waals surface area (Å²) in [5, 5.41) is 4.20. The summed E-state index contributed by atoms with van der Waals surface area (Å²) in [4.78, 5) is 9.09. The van der Waals surface area contributed by atoms with Crippen LogP contribution < -0.4 is 5.32 Å². The molecular weight excluding hydrogens is 246 g/mol. The van der Waals surface area contributed by atoms with E-state index in [2.05, 4.69) is 22.2 Å². The number of anilines is 1. The maximum Gasteiger partial charge on any atom is 0.137 e. The average Bonchev–Trinajstić information content (AvgIpc) is 3.11. The third-order valence-electron chi connectivity index (χ3n) is 4.23. The summed E-state index contributed by atoms with van der Waals surface area (Å²) in [6, 6.07) is 0.543. The van der Waals surface area contributed by atoms with Crippen molar-refractivity contribution in [1.29, 1.82) is 0 Å². The molecular formula is C14H20ClN3. The molecule has 0 bridgehead atoms. The van der Waals surface area contributed by atoms with Gasteiger partial charge in [0.2, 0.25) is 0 Å². The molecule has 0 amide bonds. The Labute approximate surface area is 113 Å². The highest BCUT2D eigenvalue weighted by Crippen LogP contribution is 2.40. The smallest absolute Gasteiger partial charge is 0.137 e. The highest BCUT2D eigenvalue weighted by Gasteiger charge is 2.29. The van der Waals surface area contributed by atoms with Crippen LogP contribution in [0.25, 0.3) is 0 Å². The first-order chi connectivity index (χ1) is 8.65. The topological polar surface area (TPSA) is 37.8 Å². The quantitative estimate of drug-likeness (QED) is 0.842. The van der Waals surface area contributed by atoms with Gasteiger partial charge in [-0.3, -0.25) is 0 Å². The summed E-state index contributed by atoms with van der Waals surface area (Å²) < 4.78 is 0. The molecule has 2 saturated carbocycles. The van der Waals surface area contributed by atoms with E-state index >= 15 is 0 Å². The normalized spacial score (nSPS) is 27.5. The number of nitrogens with zero attached hydrogens (tertiary/aromatic N) is 2. The van der Waals surface area contributed by atoms with Crippen LogP contribution >= 0.6 is 11.6 Å². The number of aromatic nitrogens is 2. The van der Waals surface area contributed by atoms with Crippen LogP contribution in [0.5, 0.6) is 0 Å². The van der Waals surface area contributed by atoms with Crippen LogP contribution in [0.15, 0.2) is 0 Å². The Kier molecular flexibility index (Phi) is 3.18. The third kappa shape index (κ3) is 2.33. The van der Waals surface area contributed by atoms with Crippen LogP contribution in [0, 0.1) is 12.8 Å². The van der Waals surface area contributed by atoms with Gasteiger partial charge in [-0.25, -0.2) is 9.97 Å². The van der Waals surface area contributed by atoms with Gasteiger partial charge in [0.25, 0.3) is 0 Å². The molecule has 3 rings (SSSR count). The summed E-state index contributed by atoms with van der Waals surface area (Å²) in [5.74, 6) is 3.15. The van der Waals surface area contributed by atoms with Crippen molar-refractivity contribution >= 4 is 17.4 Å². The molecule has 18 heavy (non-hydrogen) atoms. The van der Waals surface area contributed by atoms with Gasteiger partial charge in [0.05, 0.1) is 0 Å². The molecule has 2 aliphatic carbocycles. The van der Waals surface area contributed by atoms with Gasteiger partial charge in [-0.2, -0.15) is 0 Å². The summed E-state index contributed by atoms with van der Waals surface area (Å²) in [6.07, 6.45) is 6.27. The molecule has 0 aromatic carbocycles. The average molecular weight is 266 g/mol. The van der Waals surface area contributed by atoms with Crippen LogP contribution in [-0.2, 0) is 0 Å². The molecule has 1 aromatic rings. The number of hydrogen-bond acceptors (Lipinski definition) is 3. The van der Waals surface area contributed by atoms with E-state index in [4.69, 9.17) is 11.6 Å². The number of hydrogen-bond donors (Lipinski definition) is 1. The number of halogens is 1. The SMILES string of the molecule is Cc1c(Cl)nc(C2CC2)nc1NC1CCCC1C. The molecule has 98 valence electrons. The Bertz CT molecular complexity index is 457. The number of nitrogens with one attached hydrogen (secondary N) is 1. The Morgan fingerprint density at radius 3 is 2.56 bits per heavy atom. The van der Waals surface area contributed by atoms with Crippen LogP contribution in [0.4, 0.5) is 5.82 Å². The Balaban J connectivity index is 1.85. The van der Waals surface area contributed by atoms with Gasteiger partial charge in [-0.15, -0.1) is 0 Å². The second kappa shape index (κ2) is 4.69. The second-order valence-corrected chi connectivity index (χ2v) is 6.14. The number of rotatable bonds is 3. The van der Waals surface area contributed by atoms with Crippen molar-refractivity contribution in [2.24, 2.45) is 5.92 Å². The molecule has 2 atom stereocenters. The summed E-state index contributed by atoms with van der Waals surface area (Å²) >= 11 is 6.22. The lowest BCUT2D eigenvalue weighted by molar-refractivity contribution is 0.554. The molecule has 4 heteroatoms. The van der Waals surface area contributed by atoms with Crippen molar-refractivity contribution in [3.05, 3.63) is 16.5 Å². The van der Waals surface area contributed by atoms with Crippen molar-refractivity contribution in [1.82, 2.24) is 9.97 Å². The first kappa shape index (κ1) is 12.2. The van der Waals surface area contributed by atoms with Crippen LogP contribution in [0.3, 0.4) is 0 Å². The monoisotopic (exact) mass is 265 g/mol. The minimum atomic E-state index is 0.543.